The summed E-state index contributed by atoms with van der Waals surface area (Å²) in [5.74, 6) is 0.151. The second kappa shape index (κ2) is 6.24. The van der Waals surface area contributed by atoms with Crippen LogP contribution >= 0.6 is 0 Å². The molecule has 136 valence electrons. The molecule has 1 aromatic rings. The lowest BCUT2D eigenvalue weighted by atomic mass is 9.76. The molecule has 3 rings (SSSR count). The number of fused-ring (bicyclic) bond motifs is 1. The fourth-order valence-electron chi connectivity index (χ4n) is 3.65. The average molecular weight is 346 g/mol. The number of likely N-dealkylation sites (tertiary alicyclic amines) is 1. The number of ether oxygens (including phenoxy) is 2. The molecule has 1 atom stereocenters. The first-order valence-corrected chi connectivity index (χ1v) is 8.76. The summed E-state index contributed by atoms with van der Waals surface area (Å²) in [4.78, 5) is 26.0. The second-order valence-electron chi connectivity index (χ2n) is 7.91. The van der Waals surface area contributed by atoms with Gasteiger partial charge in [-0.05, 0) is 46.6 Å². The molecule has 25 heavy (non-hydrogen) atoms. The summed E-state index contributed by atoms with van der Waals surface area (Å²) in [6.07, 6.45) is 0.823. The van der Waals surface area contributed by atoms with E-state index in [2.05, 4.69) is 5.32 Å². The Bertz CT molecular complexity index is 674. The predicted octanol–water partition coefficient (Wildman–Crippen LogP) is 4.11. The third kappa shape index (κ3) is 3.57. The maximum atomic E-state index is 12.2. The Kier molecular flexibility index (Phi) is 4.39. The molecule has 2 amide bonds. The number of cyclic esters (lactones) is 1. The summed E-state index contributed by atoms with van der Waals surface area (Å²) in [6.45, 7) is 8.77. The fraction of sp³-hybridized carbons (Fsp3) is 0.579. The number of rotatable bonds is 1. The van der Waals surface area contributed by atoms with Crippen LogP contribution in [-0.4, -0.2) is 35.8 Å². The first-order chi connectivity index (χ1) is 11.7. The first kappa shape index (κ1) is 17.6. The van der Waals surface area contributed by atoms with E-state index in [1.165, 1.54) is 0 Å². The lowest BCUT2D eigenvalue weighted by Gasteiger charge is -2.44. The van der Waals surface area contributed by atoms with Gasteiger partial charge in [0.15, 0.2) is 0 Å². The predicted molar refractivity (Wildman–Crippen MR) is 94.4 cm³/mol. The summed E-state index contributed by atoms with van der Waals surface area (Å²) in [6, 6.07) is 7.74. The topological polar surface area (TPSA) is 67.9 Å². The van der Waals surface area contributed by atoms with Gasteiger partial charge in [-0.25, -0.2) is 9.59 Å². The van der Waals surface area contributed by atoms with Crippen LogP contribution in [0.5, 0.6) is 0 Å². The zero-order chi connectivity index (χ0) is 18.2. The molecule has 6 heteroatoms. The molecular formula is C19H26N2O4. The molecule has 0 saturated carbocycles. The van der Waals surface area contributed by atoms with Gasteiger partial charge in [-0.2, -0.15) is 0 Å². The number of piperidine rings is 1. The highest BCUT2D eigenvalue weighted by atomic mass is 16.6. The molecule has 1 aromatic carbocycles. The molecular weight excluding hydrogens is 320 g/mol. The van der Waals surface area contributed by atoms with E-state index in [4.69, 9.17) is 9.47 Å². The van der Waals surface area contributed by atoms with Gasteiger partial charge in [-0.3, -0.25) is 5.32 Å². The van der Waals surface area contributed by atoms with Crippen molar-refractivity contribution in [1.82, 2.24) is 4.90 Å². The molecule has 2 aliphatic heterocycles. The number of nitrogens with zero attached hydrogens (tertiary/aromatic N) is 1. The summed E-state index contributed by atoms with van der Waals surface area (Å²) in [5.41, 5.74) is 0.615. The number of nitrogens with one attached hydrogen (secondary N) is 1. The van der Waals surface area contributed by atoms with Gasteiger partial charge in [0.05, 0.1) is 5.69 Å². The van der Waals surface area contributed by atoms with E-state index in [0.29, 0.717) is 13.1 Å². The smallest absolute Gasteiger partial charge is 0.412 e. The van der Waals surface area contributed by atoms with Crippen molar-refractivity contribution in [2.45, 2.75) is 51.7 Å². The van der Waals surface area contributed by atoms with E-state index in [1.807, 2.05) is 52.0 Å². The van der Waals surface area contributed by atoms with Crippen LogP contribution in [0.4, 0.5) is 15.3 Å². The zero-order valence-electron chi connectivity index (χ0n) is 15.3. The highest BCUT2D eigenvalue weighted by Gasteiger charge is 2.45. The molecule has 0 radical (unpaired) electrons. The lowest BCUT2D eigenvalue weighted by Crippen LogP contribution is -2.49. The van der Waals surface area contributed by atoms with E-state index < -0.39 is 17.3 Å². The van der Waals surface area contributed by atoms with E-state index in [0.717, 1.165) is 24.1 Å². The van der Waals surface area contributed by atoms with Crippen LogP contribution in [0.15, 0.2) is 24.3 Å². The highest BCUT2D eigenvalue weighted by molar-refractivity contribution is 5.88. The number of carbonyl (C=O) groups excluding carboxylic acids is 2. The summed E-state index contributed by atoms with van der Waals surface area (Å²) >= 11 is 0. The standard InChI is InChI=1S/C19H26N2O4/c1-18(2,3)25-17(23)21-11-9-13(10-12-21)19(4)14-7-5-6-8-15(14)20-16(22)24-19/h5-8,13H,9-12H2,1-4H3,(H,20,22). The van der Waals surface area contributed by atoms with Crippen molar-refractivity contribution in [2.75, 3.05) is 18.4 Å². The first-order valence-electron chi connectivity index (χ1n) is 8.76. The van der Waals surface area contributed by atoms with Gasteiger partial charge >= 0.3 is 12.2 Å². The van der Waals surface area contributed by atoms with Gasteiger partial charge in [-0.15, -0.1) is 0 Å². The van der Waals surface area contributed by atoms with Crippen molar-refractivity contribution in [3.63, 3.8) is 0 Å². The van der Waals surface area contributed by atoms with Crippen LogP contribution in [0.1, 0.15) is 46.1 Å². The van der Waals surface area contributed by atoms with Crippen LogP contribution in [-0.2, 0) is 15.1 Å². The molecule has 1 fully saturated rings. The lowest BCUT2D eigenvalue weighted by molar-refractivity contribution is -0.0474. The average Bonchev–Trinajstić information content (AvgIpc) is 2.53. The van der Waals surface area contributed by atoms with E-state index in [1.54, 1.807) is 4.90 Å². The van der Waals surface area contributed by atoms with Crippen LogP contribution in [0.25, 0.3) is 0 Å². The molecule has 1 saturated heterocycles. The second-order valence-corrected chi connectivity index (χ2v) is 7.91. The van der Waals surface area contributed by atoms with E-state index >= 15 is 0 Å². The Labute approximate surface area is 148 Å². The number of anilines is 1. The summed E-state index contributed by atoms with van der Waals surface area (Å²) in [7, 11) is 0. The molecule has 0 bridgehead atoms. The SMILES string of the molecule is CC(C)(C)OC(=O)N1CCC(C2(C)OC(=O)Nc3ccccc32)CC1. The van der Waals surface area contributed by atoms with Crippen LogP contribution in [0, 0.1) is 5.92 Å². The molecule has 1 N–H and O–H groups in total. The van der Waals surface area contributed by atoms with Gasteiger partial charge in [0, 0.05) is 24.6 Å². The van der Waals surface area contributed by atoms with E-state index in [9.17, 15) is 9.59 Å². The quantitative estimate of drug-likeness (QED) is 0.831. The minimum Gasteiger partial charge on any atom is -0.444 e. The fourth-order valence-corrected chi connectivity index (χ4v) is 3.65. The summed E-state index contributed by atoms with van der Waals surface area (Å²) < 4.78 is 11.2. The van der Waals surface area contributed by atoms with Gasteiger partial charge in [0.1, 0.15) is 11.2 Å². The maximum Gasteiger partial charge on any atom is 0.412 e. The van der Waals surface area contributed by atoms with Gasteiger partial charge < -0.3 is 14.4 Å². The molecule has 0 aliphatic carbocycles. The van der Waals surface area contributed by atoms with Crippen molar-refractivity contribution in [2.24, 2.45) is 5.92 Å². The Hall–Kier alpha value is -2.24. The Morgan fingerprint density at radius 3 is 2.56 bits per heavy atom. The van der Waals surface area contributed by atoms with Crippen LogP contribution < -0.4 is 5.32 Å². The minimum absolute atomic E-state index is 0.151. The third-order valence-corrected chi connectivity index (χ3v) is 4.93. The van der Waals surface area contributed by atoms with Gasteiger partial charge in [0.2, 0.25) is 0 Å². The molecule has 6 nitrogen and oxygen atoms in total. The van der Waals surface area contributed by atoms with E-state index in [-0.39, 0.29) is 12.0 Å². The number of carbonyl (C=O) groups is 2. The molecule has 2 aliphatic rings. The Morgan fingerprint density at radius 2 is 1.92 bits per heavy atom. The number of hydrogen-bond donors (Lipinski definition) is 1. The zero-order valence-corrected chi connectivity index (χ0v) is 15.3. The van der Waals surface area contributed by atoms with Crippen LogP contribution in [0.3, 0.4) is 0 Å². The molecule has 2 heterocycles. The number of hydrogen-bond acceptors (Lipinski definition) is 4. The largest absolute Gasteiger partial charge is 0.444 e. The van der Waals surface area contributed by atoms with Crippen LogP contribution in [0.2, 0.25) is 0 Å². The van der Waals surface area contributed by atoms with Crippen molar-refractivity contribution in [3.05, 3.63) is 29.8 Å². The normalized spacial score (nSPS) is 24.2. The molecule has 0 spiro atoms. The van der Waals surface area contributed by atoms with Gasteiger partial charge in [-0.1, -0.05) is 18.2 Å². The van der Waals surface area contributed by atoms with Crippen molar-refractivity contribution < 1.29 is 19.1 Å². The monoisotopic (exact) mass is 346 g/mol. The molecule has 1 unspecified atom stereocenters. The third-order valence-electron chi connectivity index (χ3n) is 4.93. The number of benzene rings is 1. The summed E-state index contributed by atoms with van der Waals surface area (Å²) in [5, 5.41) is 2.76. The van der Waals surface area contributed by atoms with Gasteiger partial charge in [0.25, 0.3) is 0 Å². The number of amides is 2. The molecule has 0 aromatic heterocycles. The minimum atomic E-state index is -0.682. The van der Waals surface area contributed by atoms with Crippen molar-refractivity contribution in [1.29, 1.82) is 0 Å². The Balaban J connectivity index is 1.73. The highest BCUT2D eigenvalue weighted by Crippen LogP contribution is 2.45. The maximum absolute atomic E-state index is 12.2. The van der Waals surface area contributed by atoms with Crippen molar-refractivity contribution in [3.8, 4) is 0 Å². The van der Waals surface area contributed by atoms with Crippen molar-refractivity contribution >= 4 is 17.9 Å². The Morgan fingerprint density at radius 1 is 1.28 bits per heavy atom. The number of para-hydroxylation sites is 1.